The van der Waals surface area contributed by atoms with E-state index in [0.717, 1.165) is 12.0 Å². The zero-order chi connectivity index (χ0) is 5.91. The molecule has 0 radical (unpaired) electrons. The first-order valence-electron chi connectivity index (χ1n) is 1.36. The fourth-order valence-electron chi connectivity index (χ4n) is 0.0481. The van der Waals surface area contributed by atoms with E-state index in [2.05, 4.69) is 4.18 Å². The van der Waals surface area contributed by atoms with Crippen molar-refractivity contribution in [2.24, 2.45) is 11.5 Å². The maximum atomic E-state index is 8.39. The van der Waals surface area contributed by atoms with Crippen LogP contribution >= 0.6 is 12.0 Å². The van der Waals surface area contributed by atoms with E-state index in [4.69, 9.17) is 12.4 Å². The predicted octanol–water partition coefficient (Wildman–Crippen LogP) is -0.925. The van der Waals surface area contributed by atoms with Crippen LogP contribution in [-0.2, 0) is 5.12 Å². The third kappa shape index (κ3) is 5.27. The first kappa shape index (κ1) is 8.41. The summed E-state index contributed by atoms with van der Waals surface area (Å²) in [6.07, 6.45) is 0. The zero-order valence-electron chi connectivity index (χ0n) is 3.38. The van der Waals surface area contributed by atoms with E-state index < -0.39 is 5.18 Å². The summed E-state index contributed by atoms with van der Waals surface area (Å²) in [4.78, 5) is 0. The molecular formula is CH4CeN2O2S. The van der Waals surface area contributed by atoms with Gasteiger partial charge in [0, 0.05) is 0 Å². The number of hydrogen-bond acceptors (Lipinski definition) is 5. The molecule has 40 valence electrons. The average molecular weight is 248 g/mol. The first-order valence-corrected chi connectivity index (χ1v) is 3.38. The van der Waals surface area contributed by atoms with Gasteiger partial charge in [0.25, 0.3) is 5.18 Å². The standard InChI is InChI=1S/CH4N2OS.Ce.O/c2-1(3)4-5-1;;/h2-3H2;;. The maximum absolute atomic E-state index is 8.39. The third-order valence-corrected chi connectivity index (χ3v) is 0.827. The third-order valence-electron chi connectivity index (χ3n) is 0.276. The number of rotatable bonds is 0. The van der Waals surface area contributed by atoms with Gasteiger partial charge in [0.1, 0.15) is 0 Å². The van der Waals surface area contributed by atoms with Crippen LogP contribution in [0.15, 0.2) is 0 Å². The van der Waals surface area contributed by atoms with E-state index in [1.54, 1.807) is 0 Å². The molecule has 0 amide bonds. The Bertz CT molecular complexity index is 62.7. The van der Waals surface area contributed by atoms with Crippen molar-refractivity contribution in [2.45, 2.75) is 5.18 Å². The SMILES string of the molecule is NC1(N)OS1.[O]=[Ce]. The summed E-state index contributed by atoms with van der Waals surface area (Å²) in [6.45, 7) is 0. The summed E-state index contributed by atoms with van der Waals surface area (Å²) in [6, 6.07) is 0. The molecule has 4 N–H and O–H groups in total. The Morgan fingerprint density at radius 3 is 1.71 bits per heavy atom. The van der Waals surface area contributed by atoms with Crippen LogP contribution in [0, 0.1) is 39.8 Å². The molecule has 0 saturated carbocycles. The summed E-state index contributed by atoms with van der Waals surface area (Å²) in [5.41, 5.74) is 9.97. The van der Waals surface area contributed by atoms with Crippen molar-refractivity contribution in [1.82, 2.24) is 0 Å². The van der Waals surface area contributed by atoms with E-state index in [0.29, 0.717) is 0 Å². The fraction of sp³-hybridized carbons (Fsp3) is 1.00. The molecule has 0 aliphatic carbocycles. The van der Waals surface area contributed by atoms with E-state index in [1.807, 2.05) is 0 Å². The Morgan fingerprint density at radius 2 is 1.71 bits per heavy atom. The second-order valence-electron chi connectivity index (χ2n) is 0.888. The summed E-state index contributed by atoms with van der Waals surface area (Å²) in [5, 5.41) is -0.833. The first-order chi connectivity index (χ1) is 3.21. The quantitative estimate of drug-likeness (QED) is 0.329. The van der Waals surface area contributed by atoms with Crippen LogP contribution in [0.5, 0.6) is 0 Å². The molecule has 4 nitrogen and oxygen atoms in total. The van der Waals surface area contributed by atoms with Gasteiger partial charge in [-0.25, -0.2) is 0 Å². The van der Waals surface area contributed by atoms with E-state index >= 15 is 0 Å². The number of nitrogens with two attached hydrogens (primary N) is 2. The van der Waals surface area contributed by atoms with Crippen LogP contribution in [-0.4, -0.2) is 5.18 Å². The van der Waals surface area contributed by atoms with Gasteiger partial charge in [0.2, 0.25) is 0 Å². The zero-order valence-corrected chi connectivity index (χ0v) is 7.34. The molecule has 0 bridgehead atoms. The van der Waals surface area contributed by atoms with Gasteiger partial charge in [-0.1, -0.05) is 0 Å². The Hall–Kier alpha value is 1.41. The minimum absolute atomic E-state index is 0.0556. The van der Waals surface area contributed by atoms with Crippen molar-refractivity contribution in [3.8, 4) is 0 Å². The second kappa shape index (κ2) is 3.44. The molecule has 1 saturated heterocycles. The van der Waals surface area contributed by atoms with Gasteiger partial charge in [-0.15, -0.1) is 0 Å². The molecule has 6 heteroatoms. The molecule has 7 heavy (non-hydrogen) atoms. The molecule has 0 aromatic heterocycles. The molecule has 0 unspecified atom stereocenters. The molecule has 0 spiro atoms. The normalized spacial score (nSPS) is 21.9. The van der Waals surface area contributed by atoms with E-state index in [-0.39, 0.29) is 39.8 Å². The van der Waals surface area contributed by atoms with Crippen molar-refractivity contribution >= 4 is 12.0 Å². The summed E-state index contributed by atoms with van der Waals surface area (Å²) < 4.78 is 12.8. The van der Waals surface area contributed by atoms with Crippen molar-refractivity contribution in [1.29, 1.82) is 0 Å². The van der Waals surface area contributed by atoms with Crippen LogP contribution < -0.4 is 11.5 Å². The van der Waals surface area contributed by atoms with Gasteiger partial charge in [-0.05, 0) is 0 Å². The monoisotopic (exact) mass is 248 g/mol. The minimum atomic E-state index is -0.833. The molecule has 1 rings (SSSR count). The van der Waals surface area contributed by atoms with E-state index in [1.165, 1.54) is 0 Å². The van der Waals surface area contributed by atoms with Crippen LogP contribution in [0.1, 0.15) is 0 Å². The molecule has 0 aromatic carbocycles. The molecule has 1 fully saturated rings. The van der Waals surface area contributed by atoms with E-state index in [9.17, 15) is 0 Å². The predicted molar refractivity (Wildman–Crippen MR) is 20.5 cm³/mol. The Labute approximate surface area is 72.7 Å². The van der Waals surface area contributed by atoms with Crippen LogP contribution in [0.3, 0.4) is 0 Å². The Morgan fingerprint density at radius 1 is 1.57 bits per heavy atom. The van der Waals surface area contributed by atoms with Crippen LogP contribution in [0.2, 0.25) is 0 Å². The molecule has 1 aliphatic rings. The van der Waals surface area contributed by atoms with Crippen molar-refractivity contribution in [3.05, 3.63) is 0 Å². The second-order valence-corrected chi connectivity index (χ2v) is 1.86. The summed E-state index contributed by atoms with van der Waals surface area (Å²) in [5.74, 6) is 0. The van der Waals surface area contributed by atoms with Crippen molar-refractivity contribution in [3.63, 3.8) is 0 Å². The van der Waals surface area contributed by atoms with Crippen molar-refractivity contribution in [2.75, 3.05) is 0 Å². The Balaban J connectivity index is 0.000000162. The average Bonchev–Trinajstić information content (AvgIpc) is 2.26. The van der Waals surface area contributed by atoms with Crippen LogP contribution in [0.4, 0.5) is 0 Å². The van der Waals surface area contributed by atoms with Gasteiger partial charge in [0.05, 0.1) is 12.0 Å². The van der Waals surface area contributed by atoms with Gasteiger partial charge in [-0.3, -0.25) is 15.7 Å². The Kier molecular flexibility index (Phi) is 4.13. The molecule has 0 aromatic rings. The van der Waals surface area contributed by atoms with Gasteiger partial charge in [-0.2, -0.15) is 0 Å². The van der Waals surface area contributed by atoms with Gasteiger partial charge < -0.3 is 0 Å². The van der Waals surface area contributed by atoms with Gasteiger partial charge >= 0.3 is 40.7 Å². The molecule has 1 heterocycles. The van der Waals surface area contributed by atoms with Crippen molar-refractivity contribution < 1.29 is 44.9 Å². The summed E-state index contributed by atoms with van der Waals surface area (Å²) in [7, 11) is 0. The molecular weight excluding hydrogens is 244 g/mol. The topological polar surface area (TPSA) is 81.6 Å². The number of hydrogen-bond donors (Lipinski definition) is 2. The van der Waals surface area contributed by atoms with Crippen LogP contribution in [0.25, 0.3) is 0 Å². The fourth-order valence-corrected chi connectivity index (χ4v) is 0.144. The molecule has 0 atom stereocenters. The summed E-state index contributed by atoms with van der Waals surface area (Å²) >= 11 is 1.14. The molecule has 1 aliphatic heterocycles. The van der Waals surface area contributed by atoms with Gasteiger partial charge in [0.15, 0.2) is 0 Å².